The van der Waals surface area contributed by atoms with Crippen molar-refractivity contribution in [3.8, 4) is 0 Å². The van der Waals surface area contributed by atoms with Crippen LogP contribution in [-0.2, 0) is 4.74 Å². The molecule has 5 atom stereocenters. The van der Waals surface area contributed by atoms with Crippen molar-refractivity contribution in [3.63, 3.8) is 0 Å². The topological polar surface area (TPSA) is 110 Å². The zero-order chi connectivity index (χ0) is 9.30. The lowest BCUT2D eigenvalue weighted by atomic mass is 10.00. The Morgan fingerprint density at radius 2 is 1.50 bits per heavy atom. The second-order valence-electron chi connectivity index (χ2n) is 2.72. The Balaban J connectivity index is 2.63. The van der Waals surface area contributed by atoms with Crippen LogP contribution in [0, 0.1) is 0 Å². The second kappa shape index (κ2) is 3.65. The predicted molar refractivity (Wildman–Crippen MR) is 36.0 cm³/mol. The van der Waals surface area contributed by atoms with Crippen LogP contribution in [0.15, 0.2) is 0 Å². The summed E-state index contributed by atoms with van der Waals surface area (Å²) >= 11 is 0. The van der Waals surface area contributed by atoms with Gasteiger partial charge in [-0.15, -0.1) is 0 Å². The summed E-state index contributed by atoms with van der Waals surface area (Å²) in [5, 5.41) is 44.7. The monoisotopic (exact) mass is 180 g/mol. The first-order valence-corrected chi connectivity index (χ1v) is 3.56. The molecule has 6 nitrogen and oxygen atoms in total. The first-order valence-electron chi connectivity index (χ1n) is 3.56. The van der Waals surface area contributed by atoms with Crippen molar-refractivity contribution >= 4 is 0 Å². The maximum atomic E-state index is 9.12. The van der Waals surface area contributed by atoms with Crippen LogP contribution >= 0.6 is 0 Å². The Morgan fingerprint density at radius 3 is 2.00 bits per heavy atom. The largest absolute Gasteiger partial charge is 0.394 e. The van der Waals surface area contributed by atoms with Crippen LogP contribution in [-0.4, -0.2) is 62.8 Å². The van der Waals surface area contributed by atoms with Gasteiger partial charge in [0.25, 0.3) is 0 Å². The summed E-state index contributed by atoms with van der Waals surface area (Å²) in [6.45, 7) is -0.526. The molecule has 0 saturated carbocycles. The van der Waals surface area contributed by atoms with Gasteiger partial charge >= 0.3 is 0 Å². The van der Waals surface area contributed by atoms with Gasteiger partial charge in [0, 0.05) is 0 Å². The Morgan fingerprint density at radius 1 is 0.917 bits per heavy atom. The highest BCUT2D eigenvalue weighted by molar-refractivity contribution is 4.87. The average Bonchev–Trinajstić information content (AvgIpc) is 2.08. The van der Waals surface area contributed by atoms with Crippen molar-refractivity contribution < 1.29 is 30.3 Å². The molecule has 0 radical (unpaired) electrons. The van der Waals surface area contributed by atoms with E-state index in [9.17, 15) is 0 Å². The van der Waals surface area contributed by atoms with E-state index in [0.29, 0.717) is 0 Å². The van der Waals surface area contributed by atoms with Gasteiger partial charge in [0.05, 0.1) is 6.61 Å². The summed E-state index contributed by atoms with van der Waals surface area (Å²) in [6.07, 6.45) is -7.04. The van der Waals surface area contributed by atoms with Gasteiger partial charge in [-0.25, -0.2) is 0 Å². The molecule has 1 heterocycles. The van der Waals surface area contributed by atoms with E-state index in [2.05, 4.69) is 4.74 Å². The van der Waals surface area contributed by atoms with Crippen molar-refractivity contribution in [3.05, 3.63) is 0 Å². The molecule has 1 rings (SSSR count). The lowest BCUT2D eigenvalue weighted by Crippen LogP contribution is -2.58. The van der Waals surface area contributed by atoms with Crippen molar-refractivity contribution in [1.29, 1.82) is 0 Å². The molecule has 1 aliphatic heterocycles. The van der Waals surface area contributed by atoms with E-state index < -0.39 is 37.3 Å². The van der Waals surface area contributed by atoms with Gasteiger partial charge in [0.2, 0.25) is 0 Å². The lowest BCUT2D eigenvalue weighted by Gasteiger charge is -2.37. The van der Waals surface area contributed by atoms with Gasteiger partial charge in [-0.2, -0.15) is 0 Å². The van der Waals surface area contributed by atoms with Gasteiger partial charge < -0.3 is 30.3 Å². The molecule has 5 N–H and O–H groups in total. The molecule has 0 aliphatic carbocycles. The number of aliphatic hydroxyl groups is 5. The minimum absolute atomic E-state index is 0.526. The highest BCUT2D eigenvalue weighted by Gasteiger charge is 2.42. The summed E-state index contributed by atoms with van der Waals surface area (Å²) in [6, 6.07) is 0. The molecule has 0 aromatic carbocycles. The van der Waals surface area contributed by atoms with E-state index in [1.54, 1.807) is 0 Å². The maximum Gasteiger partial charge on any atom is 0.184 e. The zero-order valence-corrected chi connectivity index (χ0v) is 6.24. The third kappa shape index (κ3) is 1.58. The molecule has 1 fully saturated rings. The van der Waals surface area contributed by atoms with E-state index in [-0.39, 0.29) is 0 Å². The van der Waals surface area contributed by atoms with E-state index >= 15 is 0 Å². The number of aliphatic hydroxyl groups excluding tert-OH is 5. The second-order valence-corrected chi connectivity index (χ2v) is 2.72. The standard InChI is InChI=1S/C6H12O6/c7-1-2-3(8)4(9)5(10)6(11)12-2/h2-11H,1H2/t2-,3?,4?,5?,6-/m1/s1. The summed E-state index contributed by atoms with van der Waals surface area (Å²) < 4.78 is 4.58. The fourth-order valence-corrected chi connectivity index (χ4v) is 1.08. The molecular weight excluding hydrogens is 168 g/mol. The van der Waals surface area contributed by atoms with Crippen molar-refractivity contribution in [2.24, 2.45) is 0 Å². The van der Waals surface area contributed by atoms with Crippen LogP contribution in [0.5, 0.6) is 0 Å². The number of hydrogen-bond acceptors (Lipinski definition) is 6. The van der Waals surface area contributed by atoms with Crippen LogP contribution < -0.4 is 0 Å². The predicted octanol–water partition coefficient (Wildman–Crippen LogP) is -3.22. The quantitative estimate of drug-likeness (QED) is 0.290. The highest BCUT2D eigenvalue weighted by atomic mass is 16.6. The summed E-state index contributed by atoms with van der Waals surface area (Å²) in [5.74, 6) is 0. The van der Waals surface area contributed by atoms with E-state index in [0.717, 1.165) is 0 Å². The normalized spacial score (nSPS) is 49.2. The van der Waals surface area contributed by atoms with Gasteiger partial charge in [0.1, 0.15) is 24.4 Å². The van der Waals surface area contributed by atoms with Crippen LogP contribution in [0.25, 0.3) is 0 Å². The highest BCUT2D eigenvalue weighted by Crippen LogP contribution is 2.18. The van der Waals surface area contributed by atoms with Crippen LogP contribution in [0.4, 0.5) is 0 Å². The van der Waals surface area contributed by atoms with E-state index in [1.165, 1.54) is 0 Å². The first kappa shape index (κ1) is 9.85. The van der Waals surface area contributed by atoms with E-state index in [4.69, 9.17) is 25.5 Å². The molecule has 1 aliphatic rings. The molecule has 0 aromatic heterocycles. The lowest BCUT2D eigenvalue weighted by molar-refractivity contribution is -0.286. The molecule has 0 spiro atoms. The van der Waals surface area contributed by atoms with E-state index in [1.807, 2.05) is 0 Å². The smallest absolute Gasteiger partial charge is 0.184 e. The Labute approximate surface area is 68.6 Å². The summed E-state index contributed by atoms with van der Waals surface area (Å²) in [7, 11) is 0. The van der Waals surface area contributed by atoms with Crippen molar-refractivity contribution in [2.75, 3.05) is 6.61 Å². The minimum atomic E-state index is -1.57. The fraction of sp³-hybridized carbons (Fsp3) is 1.00. The molecule has 12 heavy (non-hydrogen) atoms. The third-order valence-electron chi connectivity index (χ3n) is 1.87. The minimum Gasteiger partial charge on any atom is -0.394 e. The molecule has 0 aromatic rings. The average molecular weight is 180 g/mol. The Kier molecular flexibility index (Phi) is 2.99. The molecular formula is C6H12O6. The molecule has 0 bridgehead atoms. The molecule has 1 saturated heterocycles. The molecule has 6 heteroatoms. The maximum absolute atomic E-state index is 9.12. The molecule has 72 valence electrons. The van der Waals surface area contributed by atoms with Crippen LogP contribution in [0.3, 0.4) is 0 Å². The first-order chi connectivity index (χ1) is 5.57. The SMILES string of the molecule is OC[C@H]1O[C@@H](O)C(O)C(O)C1O. The molecule has 0 amide bonds. The fourth-order valence-electron chi connectivity index (χ4n) is 1.08. The molecule has 3 unspecified atom stereocenters. The van der Waals surface area contributed by atoms with Gasteiger partial charge in [0.15, 0.2) is 6.29 Å². The Bertz CT molecular complexity index is 146. The van der Waals surface area contributed by atoms with Gasteiger partial charge in [-0.05, 0) is 0 Å². The van der Waals surface area contributed by atoms with Crippen LogP contribution in [0.1, 0.15) is 0 Å². The number of hydrogen-bond donors (Lipinski definition) is 5. The van der Waals surface area contributed by atoms with Crippen molar-refractivity contribution in [1.82, 2.24) is 0 Å². The third-order valence-corrected chi connectivity index (χ3v) is 1.87. The summed E-state index contributed by atoms with van der Waals surface area (Å²) in [5.41, 5.74) is 0. The summed E-state index contributed by atoms with van der Waals surface area (Å²) in [4.78, 5) is 0. The van der Waals surface area contributed by atoms with Crippen molar-refractivity contribution in [2.45, 2.75) is 30.7 Å². The van der Waals surface area contributed by atoms with Gasteiger partial charge in [-0.1, -0.05) is 0 Å². The van der Waals surface area contributed by atoms with Gasteiger partial charge in [-0.3, -0.25) is 0 Å². The van der Waals surface area contributed by atoms with Crippen LogP contribution in [0.2, 0.25) is 0 Å². The number of rotatable bonds is 1. The Hall–Kier alpha value is -0.240. The number of ether oxygens (including phenoxy) is 1. The zero-order valence-electron chi connectivity index (χ0n) is 6.24.